The van der Waals surface area contributed by atoms with Gasteiger partial charge in [0, 0.05) is 12.8 Å². The Hall–Kier alpha value is -1.40. The van der Waals surface area contributed by atoms with Crippen molar-refractivity contribution in [1.29, 1.82) is 0 Å². The van der Waals surface area contributed by atoms with Crippen molar-refractivity contribution in [3.63, 3.8) is 0 Å². The Bertz CT molecular complexity index is 1160. The van der Waals surface area contributed by atoms with E-state index in [0.29, 0.717) is 19.4 Å². The summed E-state index contributed by atoms with van der Waals surface area (Å²) in [6.45, 7) is 4.95. The summed E-state index contributed by atoms with van der Waals surface area (Å²) < 4.78 is 5.51. The normalized spacial score (nSPS) is 12.5. The third-order valence-corrected chi connectivity index (χ3v) is 16.8. The Labute approximate surface area is 482 Å². The second kappa shape index (κ2) is 67.1. The number of allylic oxidation sites excluding steroid dienone is 1. The van der Waals surface area contributed by atoms with Gasteiger partial charge in [-0.25, -0.2) is 0 Å². The molecule has 1 amide bonds. The van der Waals surface area contributed by atoms with Crippen LogP contribution >= 0.6 is 0 Å². The molecule has 6 heteroatoms. The van der Waals surface area contributed by atoms with Crippen LogP contribution in [0.4, 0.5) is 0 Å². The van der Waals surface area contributed by atoms with Crippen molar-refractivity contribution < 1.29 is 24.5 Å². The second-order valence-electron chi connectivity index (χ2n) is 24.6. The predicted octanol–water partition coefficient (Wildman–Crippen LogP) is 22.8. The van der Waals surface area contributed by atoms with Crippen LogP contribution in [-0.4, -0.2) is 47.4 Å². The molecule has 0 aliphatic carbocycles. The average molecular weight is 1090 g/mol. The highest BCUT2D eigenvalue weighted by Gasteiger charge is 2.18. The molecule has 0 spiro atoms. The van der Waals surface area contributed by atoms with Crippen molar-refractivity contribution in [2.75, 3.05) is 13.2 Å². The number of hydrogen-bond acceptors (Lipinski definition) is 5. The maximum Gasteiger partial charge on any atom is 0.305 e. The highest BCUT2D eigenvalue weighted by atomic mass is 16.5. The lowest BCUT2D eigenvalue weighted by Crippen LogP contribution is -2.45. The van der Waals surface area contributed by atoms with Gasteiger partial charge in [0.1, 0.15) is 0 Å². The van der Waals surface area contributed by atoms with E-state index in [1.54, 1.807) is 6.08 Å². The quantitative estimate of drug-likeness (QED) is 0.0320. The van der Waals surface area contributed by atoms with Gasteiger partial charge in [0.05, 0.1) is 25.4 Å². The second-order valence-corrected chi connectivity index (χ2v) is 24.6. The molecule has 0 fully saturated rings. The summed E-state index contributed by atoms with van der Waals surface area (Å²) in [5.74, 6) is -0.0472. The minimum absolute atomic E-state index is 0.0170. The van der Waals surface area contributed by atoms with Crippen LogP contribution in [0.1, 0.15) is 406 Å². The molecule has 458 valence electrons. The molecule has 6 nitrogen and oxygen atoms in total. The Kier molecular flexibility index (Phi) is 65.9. The smallest absolute Gasteiger partial charge is 0.305 e. The van der Waals surface area contributed by atoms with Crippen LogP contribution in [0.15, 0.2) is 12.2 Å². The molecule has 0 saturated carbocycles. The molecule has 3 N–H and O–H groups in total. The zero-order valence-corrected chi connectivity index (χ0v) is 52.5. The molecule has 2 atom stereocenters. The lowest BCUT2D eigenvalue weighted by molar-refractivity contribution is -0.143. The minimum Gasteiger partial charge on any atom is -0.466 e. The van der Waals surface area contributed by atoms with Gasteiger partial charge in [-0.3, -0.25) is 9.59 Å². The zero-order chi connectivity index (χ0) is 55.7. The van der Waals surface area contributed by atoms with E-state index in [1.807, 2.05) is 6.08 Å². The van der Waals surface area contributed by atoms with Gasteiger partial charge in [-0.05, 0) is 32.1 Å². The van der Waals surface area contributed by atoms with E-state index < -0.39 is 12.1 Å². The number of unbranched alkanes of at least 4 members (excludes halogenated alkanes) is 56. The monoisotopic (exact) mass is 1090 g/mol. The van der Waals surface area contributed by atoms with Crippen LogP contribution < -0.4 is 5.32 Å². The molecule has 0 rings (SSSR count). The molecule has 0 heterocycles. The summed E-state index contributed by atoms with van der Waals surface area (Å²) in [6, 6.07) is -0.629. The van der Waals surface area contributed by atoms with E-state index in [4.69, 9.17) is 4.74 Å². The van der Waals surface area contributed by atoms with Crippen LogP contribution in [0.25, 0.3) is 0 Å². The first-order valence-corrected chi connectivity index (χ1v) is 35.5. The Morgan fingerprint density at radius 1 is 0.351 bits per heavy atom. The molecule has 2 unspecified atom stereocenters. The molecular formula is C71H139NO5. The number of carbonyl (C=O) groups is 2. The summed E-state index contributed by atoms with van der Waals surface area (Å²) >= 11 is 0. The third kappa shape index (κ3) is 63.6. The molecule has 0 aliphatic rings. The molecule has 0 aromatic carbocycles. The van der Waals surface area contributed by atoms with E-state index in [0.717, 1.165) is 38.5 Å². The van der Waals surface area contributed by atoms with Gasteiger partial charge in [-0.2, -0.15) is 0 Å². The summed E-state index contributed by atoms with van der Waals surface area (Å²) in [7, 11) is 0. The molecule has 0 aliphatic heterocycles. The summed E-state index contributed by atoms with van der Waals surface area (Å²) in [5, 5.41) is 23.2. The van der Waals surface area contributed by atoms with Crippen molar-refractivity contribution in [2.24, 2.45) is 0 Å². The van der Waals surface area contributed by atoms with Crippen LogP contribution in [0.2, 0.25) is 0 Å². The van der Waals surface area contributed by atoms with Gasteiger partial charge in [-0.1, -0.05) is 373 Å². The van der Waals surface area contributed by atoms with Gasteiger partial charge >= 0.3 is 5.97 Å². The molecule has 0 saturated heterocycles. The maximum atomic E-state index is 12.5. The molecule has 77 heavy (non-hydrogen) atoms. The fourth-order valence-electron chi connectivity index (χ4n) is 11.4. The first kappa shape index (κ1) is 75.6. The Morgan fingerprint density at radius 2 is 0.597 bits per heavy atom. The first-order chi connectivity index (χ1) is 38.0. The number of nitrogens with one attached hydrogen (secondary N) is 1. The number of aliphatic hydroxyl groups excluding tert-OH is 2. The van der Waals surface area contributed by atoms with Crippen molar-refractivity contribution >= 4 is 11.9 Å². The average Bonchev–Trinajstić information content (AvgIpc) is 3.43. The number of rotatable bonds is 67. The van der Waals surface area contributed by atoms with Gasteiger partial charge in [0.2, 0.25) is 5.91 Å². The molecular weight excluding hydrogens is 947 g/mol. The number of amides is 1. The highest BCUT2D eigenvalue weighted by molar-refractivity contribution is 5.76. The number of ether oxygens (including phenoxy) is 1. The summed E-state index contributed by atoms with van der Waals surface area (Å²) in [4.78, 5) is 24.6. The largest absolute Gasteiger partial charge is 0.466 e. The molecule has 0 aromatic rings. The lowest BCUT2D eigenvalue weighted by atomic mass is 10.0. The summed E-state index contributed by atoms with van der Waals surface area (Å²) in [5.41, 5.74) is 0. The molecule has 0 radical (unpaired) electrons. The van der Waals surface area contributed by atoms with Gasteiger partial charge in [-0.15, -0.1) is 0 Å². The van der Waals surface area contributed by atoms with Crippen LogP contribution in [0.3, 0.4) is 0 Å². The van der Waals surface area contributed by atoms with Crippen LogP contribution in [0.5, 0.6) is 0 Å². The number of aliphatic hydroxyl groups is 2. The number of carbonyl (C=O) groups excluding carboxylic acids is 2. The zero-order valence-electron chi connectivity index (χ0n) is 52.5. The SMILES string of the molecule is CCCCCCCCCCCCCCCCCCCCC/C=C/C(O)C(CO)NC(=O)CCCCCCCCCCCCCCCCCCCCCCCOC(=O)CCCCCCCCCCCCCCCCCCCC. The third-order valence-electron chi connectivity index (χ3n) is 16.8. The number of hydrogen-bond donors (Lipinski definition) is 3. The summed E-state index contributed by atoms with van der Waals surface area (Å²) in [6.07, 6.45) is 82.8. The number of esters is 1. The predicted molar refractivity (Wildman–Crippen MR) is 338 cm³/mol. The highest BCUT2D eigenvalue weighted by Crippen LogP contribution is 2.19. The minimum atomic E-state index is -0.846. The van der Waals surface area contributed by atoms with Crippen molar-refractivity contribution in [2.45, 2.75) is 418 Å². The molecule has 0 bridgehead atoms. The van der Waals surface area contributed by atoms with Crippen LogP contribution in [0, 0.1) is 0 Å². The maximum absolute atomic E-state index is 12.5. The van der Waals surface area contributed by atoms with E-state index in [-0.39, 0.29) is 18.5 Å². The van der Waals surface area contributed by atoms with E-state index in [1.165, 1.54) is 340 Å². The van der Waals surface area contributed by atoms with Gasteiger partial charge in [0.15, 0.2) is 0 Å². The van der Waals surface area contributed by atoms with Crippen molar-refractivity contribution in [3.05, 3.63) is 12.2 Å². The fourth-order valence-corrected chi connectivity index (χ4v) is 11.4. The van der Waals surface area contributed by atoms with E-state index >= 15 is 0 Å². The van der Waals surface area contributed by atoms with Crippen molar-refractivity contribution in [3.8, 4) is 0 Å². The van der Waals surface area contributed by atoms with Crippen LogP contribution in [-0.2, 0) is 14.3 Å². The Balaban J connectivity index is 3.39. The van der Waals surface area contributed by atoms with Gasteiger partial charge < -0.3 is 20.3 Å². The fraction of sp³-hybridized carbons (Fsp3) is 0.944. The first-order valence-electron chi connectivity index (χ1n) is 35.5. The topological polar surface area (TPSA) is 95.9 Å². The molecule has 0 aromatic heterocycles. The Morgan fingerprint density at radius 3 is 0.883 bits per heavy atom. The standard InChI is InChI=1S/C71H139NO5/c1-3-5-7-9-11-13-15-17-19-21-23-25-28-31-35-39-43-47-51-55-59-63-69(74)68(67-73)72-70(75)64-60-56-52-48-44-40-36-32-29-26-24-27-30-34-38-42-46-50-54-58-62-66-77-71(76)65-61-57-53-49-45-41-37-33-22-20-18-16-14-12-10-8-6-4-2/h59,63,68-69,73-74H,3-58,60-62,64-67H2,1-2H3,(H,72,75)/b63-59+. The van der Waals surface area contributed by atoms with Gasteiger partial charge in [0.25, 0.3) is 0 Å². The van der Waals surface area contributed by atoms with E-state index in [2.05, 4.69) is 19.2 Å². The van der Waals surface area contributed by atoms with Crippen molar-refractivity contribution in [1.82, 2.24) is 5.32 Å². The lowest BCUT2D eigenvalue weighted by Gasteiger charge is -2.20. The van der Waals surface area contributed by atoms with E-state index in [9.17, 15) is 19.8 Å².